The van der Waals surface area contributed by atoms with E-state index in [2.05, 4.69) is 4.98 Å². The van der Waals surface area contributed by atoms with Crippen molar-refractivity contribution in [1.29, 1.82) is 0 Å². The number of halogens is 1. The predicted octanol–water partition coefficient (Wildman–Crippen LogP) is 0.920. The van der Waals surface area contributed by atoms with Gasteiger partial charge < -0.3 is 14.9 Å². The van der Waals surface area contributed by atoms with Crippen LogP contribution in [0.2, 0.25) is 0 Å². The topological polar surface area (TPSA) is 78.2 Å². The third-order valence-corrected chi connectivity index (χ3v) is 5.51. The number of rotatable bonds is 3. The number of likely N-dealkylation sites (tertiary alicyclic amines) is 2. The van der Waals surface area contributed by atoms with Crippen LogP contribution in [0.15, 0.2) is 24.4 Å². The molecule has 4 rings (SSSR count). The standard InChI is InChI=1S/C18H21FN4O3/c19-15-14(20-13-4-1-2-8-23(13)15)16(25)22-9-6-18(12-22)5-3-7-21(10-11-24)17(18)26/h1-2,4,8,24H,3,5-7,9-12H2/t18-/m0/s1. The Hall–Kier alpha value is -2.48. The molecule has 2 amide bonds. The molecular formula is C18H21FN4O3. The van der Waals surface area contributed by atoms with Gasteiger partial charge >= 0.3 is 0 Å². The van der Waals surface area contributed by atoms with Crippen LogP contribution in [0.1, 0.15) is 29.8 Å². The van der Waals surface area contributed by atoms with E-state index >= 15 is 0 Å². The molecule has 2 aliphatic rings. The first-order valence-corrected chi connectivity index (χ1v) is 8.88. The van der Waals surface area contributed by atoms with Crippen molar-refractivity contribution in [3.8, 4) is 0 Å². The third kappa shape index (κ3) is 2.56. The Morgan fingerprint density at radius 1 is 1.31 bits per heavy atom. The number of pyridine rings is 1. The van der Waals surface area contributed by atoms with E-state index in [0.29, 0.717) is 38.1 Å². The van der Waals surface area contributed by atoms with Crippen molar-refractivity contribution in [1.82, 2.24) is 19.2 Å². The zero-order valence-electron chi connectivity index (χ0n) is 14.4. The second-order valence-electron chi connectivity index (χ2n) is 7.06. The van der Waals surface area contributed by atoms with Crippen LogP contribution in [-0.2, 0) is 4.79 Å². The molecule has 26 heavy (non-hydrogen) atoms. The maximum Gasteiger partial charge on any atom is 0.277 e. The van der Waals surface area contributed by atoms with Crippen molar-refractivity contribution >= 4 is 17.5 Å². The highest BCUT2D eigenvalue weighted by molar-refractivity contribution is 5.94. The van der Waals surface area contributed by atoms with Gasteiger partial charge in [-0.3, -0.25) is 14.0 Å². The lowest BCUT2D eigenvalue weighted by atomic mass is 9.78. The molecule has 1 atom stereocenters. The lowest BCUT2D eigenvalue weighted by molar-refractivity contribution is -0.146. The highest BCUT2D eigenvalue weighted by Gasteiger charge is 2.49. The molecule has 2 aliphatic heterocycles. The van der Waals surface area contributed by atoms with Crippen molar-refractivity contribution in [2.75, 3.05) is 32.8 Å². The molecule has 0 saturated carbocycles. The number of fused-ring (bicyclic) bond motifs is 1. The summed E-state index contributed by atoms with van der Waals surface area (Å²) in [6, 6.07) is 5.05. The van der Waals surface area contributed by atoms with Crippen LogP contribution in [0, 0.1) is 11.4 Å². The quantitative estimate of drug-likeness (QED) is 0.883. The fraction of sp³-hybridized carbons (Fsp3) is 0.500. The fourth-order valence-electron chi connectivity index (χ4n) is 4.16. The molecule has 2 saturated heterocycles. The number of aromatic nitrogens is 2. The van der Waals surface area contributed by atoms with Crippen molar-refractivity contribution in [2.24, 2.45) is 5.41 Å². The number of imidazole rings is 1. The highest BCUT2D eigenvalue weighted by atomic mass is 19.1. The summed E-state index contributed by atoms with van der Waals surface area (Å²) in [4.78, 5) is 33.0. The van der Waals surface area contributed by atoms with Gasteiger partial charge in [0.05, 0.1) is 12.0 Å². The molecule has 0 aromatic carbocycles. The van der Waals surface area contributed by atoms with Gasteiger partial charge in [0.15, 0.2) is 5.69 Å². The average Bonchev–Trinajstić information content (AvgIpc) is 3.22. The lowest BCUT2D eigenvalue weighted by Crippen LogP contribution is -2.51. The molecule has 7 nitrogen and oxygen atoms in total. The lowest BCUT2D eigenvalue weighted by Gasteiger charge is -2.39. The van der Waals surface area contributed by atoms with Gasteiger partial charge in [-0.15, -0.1) is 0 Å². The highest BCUT2D eigenvalue weighted by Crippen LogP contribution is 2.40. The summed E-state index contributed by atoms with van der Waals surface area (Å²) in [5, 5.41) is 9.15. The van der Waals surface area contributed by atoms with Crippen LogP contribution in [-0.4, -0.2) is 68.9 Å². The van der Waals surface area contributed by atoms with E-state index in [1.165, 1.54) is 15.5 Å². The Kier molecular flexibility index (Phi) is 4.14. The van der Waals surface area contributed by atoms with Crippen LogP contribution >= 0.6 is 0 Å². The minimum atomic E-state index is -0.677. The predicted molar refractivity (Wildman–Crippen MR) is 91.0 cm³/mol. The number of β-amino-alcohol motifs (C(OH)–C–C–N with tert-alkyl or cyclic N) is 1. The van der Waals surface area contributed by atoms with E-state index in [-0.39, 0.29) is 24.8 Å². The van der Waals surface area contributed by atoms with Gasteiger partial charge in [0.1, 0.15) is 5.65 Å². The first-order chi connectivity index (χ1) is 12.6. The zero-order chi connectivity index (χ0) is 18.3. The Labute approximate surface area is 150 Å². The van der Waals surface area contributed by atoms with Crippen molar-refractivity contribution in [3.63, 3.8) is 0 Å². The van der Waals surface area contributed by atoms with E-state index < -0.39 is 17.3 Å². The number of nitrogens with zero attached hydrogens (tertiary/aromatic N) is 4. The summed E-state index contributed by atoms with van der Waals surface area (Å²) in [6.45, 7) is 1.56. The van der Waals surface area contributed by atoms with Crippen LogP contribution in [0.25, 0.3) is 5.65 Å². The van der Waals surface area contributed by atoms with Crippen LogP contribution < -0.4 is 0 Å². The van der Waals surface area contributed by atoms with Gasteiger partial charge in [0.2, 0.25) is 11.9 Å². The van der Waals surface area contributed by atoms with Gasteiger partial charge in [-0.1, -0.05) is 6.07 Å². The van der Waals surface area contributed by atoms with E-state index in [1.54, 1.807) is 23.1 Å². The summed E-state index contributed by atoms with van der Waals surface area (Å²) in [6.07, 6.45) is 3.65. The van der Waals surface area contributed by atoms with Crippen LogP contribution in [0.3, 0.4) is 0 Å². The number of carbonyl (C=O) groups excluding carboxylic acids is 2. The second kappa shape index (κ2) is 6.35. The molecule has 8 heteroatoms. The molecule has 0 unspecified atom stereocenters. The van der Waals surface area contributed by atoms with Crippen molar-refractivity contribution in [3.05, 3.63) is 36.0 Å². The van der Waals surface area contributed by atoms with Crippen LogP contribution in [0.5, 0.6) is 0 Å². The van der Waals surface area contributed by atoms with Gasteiger partial charge in [-0.2, -0.15) is 4.39 Å². The first-order valence-electron chi connectivity index (χ1n) is 8.88. The molecule has 0 aliphatic carbocycles. The normalized spacial score (nSPS) is 23.4. The molecule has 2 aromatic rings. The van der Waals surface area contributed by atoms with Gasteiger partial charge in [0.25, 0.3) is 5.91 Å². The largest absolute Gasteiger partial charge is 0.395 e. The maximum atomic E-state index is 14.6. The van der Waals surface area contributed by atoms with E-state index in [0.717, 1.165) is 6.42 Å². The van der Waals surface area contributed by atoms with E-state index in [9.17, 15) is 14.0 Å². The van der Waals surface area contributed by atoms with Gasteiger partial charge in [-0.05, 0) is 31.4 Å². The summed E-state index contributed by atoms with van der Waals surface area (Å²) in [5.41, 5.74) is -0.438. The minimum absolute atomic E-state index is 0.0106. The van der Waals surface area contributed by atoms with Crippen molar-refractivity contribution in [2.45, 2.75) is 19.3 Å². The number of piperidine rings is 1. The maximum absolute atomic E-state index is 14.6. The van der Waals surface area contributed by atoms with Crippen molar-refractivity contribution < 1.29 is 19.1 Å². The molecule has 138 valence electrons. The monoisotopic (exact) mass is 360 g/mol. The molecule has 2 aromatic heterocycles. The van der Waals surface area contributed by atoms with Gasteiger partial charge in [-0.25, -0.2) is 4.98 Å². The fourth-order valence-corrected chi connectivity index (χ4v) is 4.16. The number of aliphatic hydroxyl groups is 1. The molecule has 2 fully saturated rings. The Balaban J connectivity index is 1.57. The molecule has 0 radical (unpaired) electrons. The summed E-state index contributed by atoms with van der Waals surface area (Å²) in [5.74, 6) is -1.16. The Morgan fingerprint density at radius 3 is 2.92 bits per heavy atom. The molecular weight excluding hydrogens is 339 g/mol. The summed E-state index contributed by atoms with van der Waals surface area (Å²) < 4.78 is 15.8. The number of amides is 2. The number of hydrogen-bond acceptors (Lipinski definition) is 4. The van der Waals surface area contributed by atoms with Crippen LogP contribution in [0.4, 0.5) is 4.39 Å². The third-order valence-electron chi connectivity index (χ3n) is 5.51. The number of carbonyl (C=O) groups is 2. The minimum Gasteiger partial charge on any atom is -0.395 e. The average molecular weight is 360 g/mol. The SMILES string of the molecule is O=C(c1nc2ccccn2c1F)N1CC[C@@]2(CCCN(CCO)C2=O)C1. The number of aliphatic hydroxyl groups excluding tert-OH is 1. The molecule has 0 bridgehead atoms. The first kappa shape index (κ1) is 17.0. The molecule has 1 N–H and O–H groups in total. The number of hydrogen-bond donors (Lipinski definition) is 1. The molecule has 4 heterocycles. The Morgan fingerprint density at radius 2 is 2.15 bits per heavy atom. The zero-order valence-corrected chi connectivity index (χ0v) is 14.4. The summed E-state index contributed by atoms with van der Waals surface area (Å²) in [7, 11) is 0. The van der Waals surface area contributed by atoms with E-state index in [1.807, 2.05) is 0 Å². The second-order valence-corrected chi connectivity index (χ2v) is 7.06. The smallest absolute Gasteiger partial charge is 0.277 e. The van der Waals surface area contributed by atoms with Gasteiger partial charge in [0, 0.05) is 32.4 Å². The molecule has 1 spiro atoms. The summed E-state index contributed by atoms with van der Waals surface area (Å²) >= 11 is 0. The van der Waals surface area contributed by atoms with E-state index in [4.69, 9.17) is 5.11 Å². The Bertz CT molecular complexity index is 865.